The molecule has 0 spiro atoms. The SMILES string of the molecule is [2H]c1c([2H])c([2H])c2c([2H])c(-c3cccc4cccc(-c5cccc(-c6nc(-c7ccccc7)nc(-c7ccc8cc(-c9ccccc9)ccc8c7)n6)c5)c34)c([2H])c([2H])c2c1[2H]. The molecule has 0 aliphatic carbocycles. The van der Waals surface area contributed by atoms with Crippen molar-refractivity contribution in [3.8, 4) is 67.5 Å². The molecule has 54 heavy (non-hydrogen) atoms. The van der Waals surface area contributed by atoms with E-state index in [1.54, 1.807) is 6.07 Å². The number of nitrogens with zero attached hydrogens (tertiary/aromatic N) is 3. The number of hydrogen-bond donors (Lipinski definition) is 0. The minimum Gasteiger partial charge on any atom is -0.208 e. The highest BCUT2D eigenvalue weighted by molar-refractivity contribution is 6.07. The van der Waals surface area contributed by atoms with Crippen LogP contribution in [0.25, 0.3) is 99.9 Å². The number of rotatable bonds is 6. The number of fused-ring (bicyclic) bond motifs is 3. The summed E-state index contributed by atoms with van der Waals surface area (Å²) in [6, 6.07) is 49.5. The Morgan fingerprint density at radius 2 is 0.852 bits per heavy atom. The Labute approximate surface area is 323 Å². The lowest BCUT2D eigenvalue weighted by Crippen LogP contribution is -2.00. The molecule has 1 aromatic heterocycles. The smallest absolute Gasteiger partial charge is 0.164 e. The van der Waals surface area contributed by atoms with Gasteiger partial charge in [0, 0.05) is 16.7 Å². The van der Waals surface area contributed by atoms with Crippen LogP contribution in [0.15, 0.2) is 200 Å². The first kappa shape index (κ1) is 24.9. The van der Waals surface area contributed by atoms with Crippen molar-refractivity contribution >= 4 is 32.3 Å². The predicted octanol–water partition coefficient (Wildman–Crippen LogP) is 13.3. The highest BCUT2D eigenvalue weighted by Crippen LogP contribution is 2.39. The van der Waals surface area contributed by atoms with Gasteiger partial charge in [0.25, 0.3) is 0 Å². The van der Waals surface area contributed by atoms with Gasteiger partial charge in [-0.15, -0.1) is 0 Å². The lowest BCUT2D eigenvalue weighted by Gasteiger charge is -2.14. The average Bonchev–Trinajstić information content (AvgIpc) is 3.31. The van der Waals surface area contributed by atoms with Crippen LogP contribution < -0.4 is 0 Å². The van der Waals surface area contributed by atoms with Crippen LogP contribution in [0, 0.1) is 0 Å². The van der Waals surface area contributed by atoms with E-state index in [4.69, 9.17) is 23.2 Å². The predicted molar refractivity (Wildman–Crippen MR) is 225 cm³/mol. The third kappa shape index (κ3) is 5.88. The zero-order valence-corrected chi connectivity index (χ0v) is 28.9. The molecule has 0 saturated heterocycles. The first-order valence-corrected chi connectivity index (χ1v) is 17.7. The van der Waals surface area contributed by atoms with Crippen LogP contribution in [0.1, 0.15) is 9.60 Å². The maximum atomic E-state index is 9.31. The zero-order chi connectivity index (χ0) is 41.9. The van der Waals surface area contributed by atoms with Crippen molar-refractivity contribution in [2.24, 2.45) is 0 Å². The van der Waals surface area contributed by atoms with Crippen molar-refractivity contribution in [2.45, 2.75) is 0 Å². The first-order valence-electron chi connectivity index (χ1n) is 21.2. The molecule has 0 radical (unpaired) electrons. The average molecular weight is 695 g/mol. The second-order valence-corrected chi connectivity index (χ2v) is 13.1. The monoisotopic (exact) mass is 694 g/mol. The van der Waals surface area contributed by atoms with Crippen molar-refractivity contribution < 1.29 is 9.60 Å². The van der Waals surface area contributed by atoms with Gasteiger partial charge in [0.05, 0.1) is 9.60 Å². The summed E-state index contributed by atoms with van der Waals surface area (Å²) in [7, 11) is 0. The fraction of sp³-hybridized carbons (Fsp3) is 0. The Morgan fingerprint density at radius 1 is 0.315 bits per heavy atom. The molecule has 0 amide bonds. The van der Waals surface area contributed by atoms with Crippen LogP contribution >= 0.6 is 0 Å². The van der Waals surface area contributed by atoms with E-state index in [0.29, 0.717) is 23.0 Å². The van der Waals surface area contributed by atoms with Crippen LogP contribution in [0.2, 0.25) is 0 Å². The van der Waals surface area contributed by atoms with Gasteiger partial charge < -0.3 is 0 Å². The summed E-state index contributed by atoms with van der Waals surface area (Å²) >= 11 is 0. The van der Waals surface area contributed by atoms with E-state index in [1.165, 1.54) is 0 Å². The second kappa shape index (κ2) is 13.4. The van der Waals surface area contributed by atoms with Crippen LogP contribution in [0.3, 0.4) is 0 Å². The molecule has 9 aromatic carbocycles. The van der Waals surface area contributed by atoms with Crippen LogP contribution in [-0.4, -0.2) is 15.0 Å². The highest BCUT2D eigenvalue weighted by Gasteiger charge is 2.16. The van der Waals surface area contributed by atoms with Crippen molar-refractivity contribution in [1.82, 2.24) is 15.0 Å². The quantitative estimate of drug-likeness (QED) is 0.174. The second-order valence-electron chi connectivity index (χ2n) is 13.1. The van der Waals surface area contributed by atoms with Crippen LogP contribution in [0.5, 0.6) is 0 Å². The number of benzene rings is 9. The molecule has 3 nitrogen and oxygen atoms in total. The maximum absolute atomic E-state index is 9.31. The molecular weight excluding hydrogens is 655 g/mol. The van der Waals surface area contributed by atoms with Crippen molar-refractivity contribution in [3.05, 3.63) is 200 Å². The number of hydrogen-bond acceptors (Lipinski definition) is 3. The lowest BCUT2D eigenvalue weighted by atomic mass is 9.90. The first-order chi connectivity index (χ1) is 29.7. The maximum Gasteiger partial charge on any atom is 0.164 e. The van der Waals surface area contributed by atoms with Gasteiger partial charge in [-0.25, -0.2) is 15.0 Å². The minimum atomic E-state index is -0.499. The summed E-state index contributed by atoms with van der Waals surface area (Å²) in [5, 5.41) is 3.52. The third-order valence-corrected chi connectivity index (χ3v) is 9.73. The lowest BCUT2D eigenvalue weighted by molar-refractivity contribution is 1.07. The van der Waals surface area contributed by atoms with Gasteiger partial charge >= 0.3 is 0 Å². The fourth-order valence-corrected chi connectivity index (χ4v) is 7.08. The van der Waals surface area contributed by atoms with Crippen LogP contribution in [-0.2, 0) is 0 Å². The highest BCUT2D eigenvalue weighted by atomic mass is 15.0. The largest absolute Gasteiger partial charge is 0.208 e. The fourth-order valence-electron chi connectivity index (χ4n) is 7.08. The molecule has 1 heterocycles. The van der Waals surface area contributed by atoms with E-state index in [0.717, 1.165) is 60.5 Å². The molecule has 0 saturated carbocycles. The molecule has 0 N–H and O–H groups in total. The Bertz CT molecular complexity index is 3390. The van der Waals surface area contributed by atoms with E-state index < -0.39 is 24.2 Å². The zero-order valence-electron chi connectivity index (χ0n) is 35.9. The van der Waals surface area contributed by atoms with E-state index in [2.05, 4.69) is 42.5 Å². The van der Waals surface area contributed by atoms with E-state index in [9.17, 15) is 1.37 Å². The van der Waals surface area contributed by atoms with Gasteiger partial charge in [0.15, 0.2) is 17.5 Å². The summed E-state index contributed by atoms with van der Waals surface area (Å²) in [5.41, 5.74) is 7.00. The summed E-state index contributed by atoms with van der Waals surface area (Å²) in [6.45, 7) is 0. The van der Waals surface area contributed by atoms with E-state index in [-0.39, 0.29) is 34.5 Å². The molecule has 0 fully saturated rings. The van der Waals surface area contributed by atoms with Crippen molar-refractivity contribution in [2.75, 3.05) is 0 Å². The molecule has 3 heteroatoms. The van der Waals surface area contributed by atoms with Gasteiger partial charge in [-0.05, 0) is 89.9 Å². The third-order valence-electron chi connectivity index (χ3n) is 9.73. The normalized spacial score (nSPS) is 13.1. The van der Waals surface area contributed by atoms with E-state index >= 15 is 0 Å². The van der Waals surface area contributed by atoms with Gasteiger partial charge in [-0.1, -0.05) is 176 Å². The number of aromatic nitrogens is 3. The van der Waals surface area contributed by atoms with Gasteiger partial charge in [-0.3, -0.25) is 0 Å². The summed E-state index contributed by atoms with van der Waals surface area (Å²) in [5.74, 6) is 1.54. The van der Waals surface area contributed by atoms with Gasteiger partial charge in [0.1, 0.15) is 0 Å². The Hall–Kier alpha value is -7.23. The topological polar surface area (TPSA) is 38.7 Å². The Kier molecular flexibility index (Phi) is 6.17. The van der Waals surface area contributed by atoms with Gasteiger partial charge in [0.2, 0.25) is 0 Å². The summed E-state index contributed by atoms with van der Waals surface area (Å²) < 4.78 is 61.1. The molecule has 0 atom stereocenters. The van der Waals surface area contributed by atoms with E-state index in [1.807, 2.05) is 109 Å². The molecule has 0 bridgehead atoms. The molecule has 10 rings (SSSR count). The van der Waals surface area contributed by atoms with Crippen molar-refractivity contribution in [1.29, 1.82) is 0 Å². The van der Waals surface area contributed by atoms with Crippen LogP contribution in [0.4, 0.5) is 0 Å². The molecule has 252 valence electrons. The molecule has 10 aromatic rings. The Balaban J connectivity index is 1.13. The summed E-state index contributed by atoms with van der Waals surface area (Å²) in [4.78, 5) is 15.1. The molecule has 0 unspecified atom stereocenters. The Morgan fingerprint density at radius 3 is 1.57 bits per heavy atom. The van der Waals surface area contributed by atoms with Gasteiger partial charge in [-0.2, -0.15) is 0 Å². The molecule has 0 aliphatic rings. The van der Waals surface area contributed by atoms with Crippen molar-refractivity contribution in [3.63, 3.8) is 0 Å². The minimum absolute atomic E-state index is 0.0818. The molecule has 0 aliphatic heterocycles. The standard InChI is InChI=1S/C51H33N3/c1-3-12-34(13-4-1)39-25-26-41-32-45(29-27-40(41)30-39)51-53-49(37-15-5-2-6-16-37)52-50(54-51)44-21-9-20-42(33-44)46-22-10-18-36-19-11-23-47(48(36)46)43-28-24-35-14-7-8-17-38(35)31-43/h1-33H/i7D,8D,14D,17D,24D,28D,31D. The molecular formula is C51H33N3. The summed E-state index contributed by atoms with van der Waals surface area (Å²) in [6.07, 6.45) is 0.